The molecule has 0 spiro atoms. The van der Waals surface area contributed by atoms with E-state index in [1.54, 1.807) is 0 Å². The Bertz CT molecular complexity index is 344. The van der Waals surface area contributed by atoms with Crippen LogP contribution in [0.2, 0.25) is 0 Å². The lowest BCUT2D eigenvalue weighted by molar-refractivity contribution is 0.0242. The van der Waals surface area contributed by atoms with E-state index in [1.807, 2.05) is 7.05 Å². The summed E-state index contributed by atoms with van der Waals surface area (Å²) in [5.74, 6) is 1.93. The summed E-state index contributed by atoms with van der Waals surface area (Å²) in [5.41, 5.74) is 0.608. The molecule has 1 atom stereocenters. The maximum absolute atomic E-state index is 5.80. The lowest BCUT2D eigenvalue weighted by Gasteiger charge is -2.25. The van der Waals surface area contributed by atoms with Crippen molar-refractivity contribution in [3.8, 4) is 0 Å². The van der Waals surface area contributed by atoms with Gasteiger partial charge in [0.2, 0.25) is 0 Å². The second-order valence-corrected chi connectivity index (χ2v) is 6.82. The third-order valence-corrected chi connectivity index (χ3v) is 5.10. The number of hydrogen-bond acceptors (Lipinski definition) is 2. The average molecular weight is 265 g/mol. The summed E-state index contributed by atoms with van der Waals surface area (Å²) in [7, 11) is 1.85. The second kappa shape index (κ2) is 4.97. The van der Waals surface area contributed by atoms with Crippen molar-refractivity contribution in [2.75, 3.05) is 26.7 Å². The van der Waals surface area contributed by atoms with E-state index in [0.29, 0.717) is 5.41 Å². The Labute approximate surface area is 116 Å². The van der Waals surface area contributed by atoms with Gasteiger partial charge in [0.25, 0.3) is 0 Å². The van der Waals surface area contributed by atoms with Gasteiger partial charge in [-0.15, -0.1) is 0 Å². The molecule has 0 bridgehead atoms. The van der Waals surface area contributed by atoms with Gasteiger partial charge in [-0.2, -0.15) is 0 Å². The molecule has 0 radical (unpaired) electrons. The zero-order chi connectivity index (χ0) is 13.3. The highest BCUT2D eigenvalue weighted by molar-refractivity contribution is 5.79. The number of ether oxygens (including phenoxy) is 1. The van der Waals surface area contributed by atoms with Gasteiger partial charge in [-0.25, -0.2) is 0 Å². The highest BCUT2D eigenvalue weighted by Crippen LogP contribution is 2.60. The summed E-state index contributed by atoms with van der Waals surface area (Å²) in [6, 6.07) is 0. The fourth-order valence-corrected chi connectivity index (χ4v) is 3.31. The molecular formula is C15H27N3O. The molecule has 3 fully saturated rings. The maximum atomic E-state index is 5.80. The number of guanidine groups is 1. The first-order chi connectivity index (χ1) is 9.16. The molecule has 2 aliphatic carbocycles. The summed E-state index contributed by atoms with van der Waals surface area (Å²) in [6.45, 7) is 5.03. The van der Waals surface area contributed by atoms with Gasteiger partial charge in [0.05, 0.1) is 5.60 Å². The van der Waals surface area contributed by atoms with Gasteiger partial charge in [-0.1, -0.05) is 0 Å². The van der Waals surface area contributed by atoms with E-state index in [4.69, 9.17) is 4.74 Å². The summed E-state index contributed by atoms with van der Waals surface area (Å²) in [6.07, 6.45) is 8.02. The number of hydrogen-bond donors (Lipinski definition) is 2. The molecule has 0 aromatic heterocycles. The number of nitrogens with one attached hydrogen (secondary N) is 2. The molecular weight excluding hydrogens is 238 g/mol. The van der Waals surface area contributed by atoms with Crippen LogP contribution in [-0.4, -0.2) is 38.3 Å². The molecule has 4 nitrogen and oxygen atoms in total. The van der Waals surface area contributed by atoms with E-state index in [2.05, 4.69) is 22.5 Å². The summed E-state index contributed by atoms with van der Waals surface area (Å²) in [5, 5.41) is 6.94. The first-order valence-corrected chi connectivity index (χ1v) is 7.74. The molecule has 19 heavy (non-hydrogen) atoms. The van der Waals surface area contributed by atoms with Crippen molar-refractivity contribution in [2.45, 2.75) is 51.0 Å². The van der Waals surface area contributed by atoms with Crippen LogP contribution in [0.25, 0.3) is 0 Å². The van der Waals surface area contributed by atoms with E-state index < -0.39 is 0 Å². The normalized spacial score (nSPS) is 33.3. The van der Waals surface area contributed by atoms with Crippen molar-refractivity contribution >= 4 is 5.96 Å². The van der Waals surface area contributed by atoms with Gasteiger partial charge in [0, 0.05) is 26.7 Å². The van der Waals surface area contributed by atoms with Crippen LogP contribution in [0.1, 0.15) is 45.4 Å². The second-order valence-electron chi connectivity index (χ2n) is 6.82. The molecule has 0 aromatic rings. The van der Waals surface area contributed by atoms with Crippen molar-refractivity contribution in [2.24, 2.45) is 16.3 Å². The monoisotopic (exact) mass is 265 g/mol. The molecule has 1 heterocycles. The van der Waals surface area contributed by atoms with Gasteiger partial charge in [0.15, 0.2) is 5.96 Å². The van der Waals surface area contributed by atoms with Crippen LogP contribution in [0.3, 0.4) is 0 Å². The third-order valence-electron chi connectivity index (χ3n) is 5.10. The minimum atomic E-state index is -0.00855. The first kappa shape index (κ1) is 13.2. The Kier molecular flexibility index (Phi) is 3.46. The molecule has 0 amide bonds. The molecule has 3 aliphatic rings. The molecule has 2 saturated carbocycles. The zero-order valence-corrected chi connectivity index (χ0v) is 12.3. The Hall–Kier alpha value is -0.770. The molecule has 1 saturated heterocycles. The number of aliphatic imine (C=N–C) groups is 1. The predicted octanol–water partition coefficient (Wildman–Crippen LogP) is 1.91. The maximum Gasteiger partial charge on any atom is 0.191 e. The number of rotatable bonds is 5. The lowest BCUT2D eigenvalue weighted by Crippen LogP contribution is -2.47. The van der Waals surface area contributed by atoms with Crippen molar-refractivity contribution in [1.29, 1.82) is 0 Å². The Balaban J connectivity index is 1.43. The van der Waals surface area contributed by atoms with Crippen LogP contribution in [0.4, 0.5) is 0 Å². The van der Waals surface area contributed by atoms with Gasteiger partial charge in [-0.3, -0.25) is 4.99 Å². The Morgan fingerprint density at radius 2 is 1.95 bits per heavy atom. The summed E-state index contributed by atoms with van der Waals surface area (Å²) >= 11 is 0. The van der Waals surface area contributed by atoms with Crippen LogP contribution >= 0.6 is 0 Å². The van der Waals surface area contributed by atoms with Crippen LogP contribution in [0, 0.1) is 11.3 Å². The van der Waals surface area contributed by atoms with Crippen LogP contribution in [0.5, 0.6) is 0 Å². The van der Waals surface area contributed by atoms with E-state index >= 15 is 0 Å². The summed E-state index contributed by atoms with van der Waals surface area (Å²) in [4.78, 5) is 4.33. The first-order valence-electron chi connectivity index (χ1n) is 7.74. The molecule has 2 N–H and O–H groups in total. The number of nitrogens with zero attached hydrogens (tertiary/aromatic N) is 1. The van der Waals surface area contributed by atoms with Gasteiger partial charge >= 0.3 is 0 Å². The van der Waals surface area contributed by atoms with E-state index in [0.717, 1.165) is 38.0 Å². The van der Waals surface area contributed by atoms with Gasteiger partial charge < -0.3 is 15.4 Å². The quantitative estimate of drug-likeness (QED) is 0.589. The van der Waals surface area contributed by atoms with Crippen molar-refractivity contribution < 1.29 is 4.74 Å². The zero-order valence-electron chi connectivity index (χ0n) is 12.3. The predicted molar refractivity (Wildman–Crippen MR) is 77.3 cm³/mol. The fourth-order valence-electron chi connectivity index (χ4n) is 3.31. The average Bonchev–Trinajstić information content (AvgIpc) is 3.30. The van der Waals surface area contributed by atoms with Crippen LogP contribution < -0.4 is 10.6 Å². The SMILES string of the molecule is CN=C(NCC1(C)CCCO1)NCC1(C2CC2)CC1. The molecule has 0 aromatic carbocycles. The minimum Gasteiger partial charge on any atom is -0.373 e. The fraction of sp³-hybridized carbons (Fsp3) is 0.933. The largest absolute Gasteiger partial charge is 0.373 e. The Morgan fingerprint density at radius 1 is 1.21 bits per heavy atom. The highest BCUT2D eigenvalue weighted by Gasteiger charge is 2.53. The molecule has 3 rings (SSSR count). The van der Waals surface area contributed by atoms with E-state index in [9.17, 15) is 0 Å². The molecule has 1 aliphatic heterocycles. The molecule has 1 unspecified atom stereocenters. The minimum absolute atomic E-state index is 0.00855. The van der Waals surface area contributed by atoms with Crippen LogP contribution in [0.15, 0.2) is 4.99 Å². The summed E-state index contributed by atoms with van der Waals surface area (Å²) < 4.78 is 5.80. The van der Waals surface area contributed by atoms with Crippen molar-refractivity contribution in [1.82, 2.24) is 10.6 Å². The van der Waals surface area contributed by atoms with Crippen molar-refractivity contribution in [3.63, 3.8) is 0 Å². The van der Waals surface area contributed by atoms with E-state index in [1.165, 1.54) is 32.1 Å². The Morgan fingerprint density at radius 3 is 2.47 bits per heavy atom. The van der Waals surface area contributed by atoms with Gasteiger partial charge in [-0.05, 0) is 56.8 Å². The third kappa shape index (κ3) is 3.04. The van der Waals surface area contributed by atoms with E-state index in [-0.39, 0.29) is 5.60 Å². The van der Waals surface area contributed by atoms with Gasteiger partial charge in [0.1, 0.15) is 0 Å². The van der Waals surface area contributed by atoms with Crippen molar-refractivity contribution in [3.05, 3.63) is 0 Å². The lowest BCUT2D eigenvalue weighted by atomic mass is 10.0. The molecule has 108 valence electrons. The standard InChI is InChI=1S/C15H27N3O/c1-14(6-3-9-19-14)10-17-13(16-2)18-11-15(7-8-15)12-4-5-12/h12H,3-11H2,1-2H3,(H2,16,17,18). The molecule has 4 heteroatoms. The van der Waals surface area contributed by atoms with Crippen LogP contribution in [-0.2, 0) is 4.74 Å². The smallest absolute Gasteiger partial charge is 0.191 e. The highest BCUT2D eigenvalue weighted by atomic mass is 16.5. The topological polar surface area (TPSA) is 45.7 Å².